The summed E-state index contributed by atoms with van der Waals surface area (Å²) in [5.41, 5.74) is 8.52. The normalized spacial score (nSPS) is 11.7. The summed E-state index contributed by atoms with van der Waals surface area (Å²) >= 11 is 5.09. The first-order chi connectivity index (χ1) is 7.58. The molecular formula is C10H8BrN4S. The number of pyridine rings is 1. The van der Waals surface area contributed by atoms with Gasteiger partial charge in [-0.1, -0.05) is 0 Å². The van der Waals surface area contributed by atoms with Gasteiger partial charge in [-0.3, -0.25) is 0 Å². The van der Waals surface area contributed by atoms with Crippen LogP contribution in [0.15, 0.2) is 9.85 Å². The van der Waals surface area contributed by atoms with Crippen molar-refractivity contribution in [3.63, 3.8) is 0 Å². The molecule has 3 aromatic heterocycles. The average Bonchev–Trinajstić information content (AvgIpc) is 2.70. The maximum absolute atomic E-state index is 5.89. The molecule has 16 heavy (non-hydrogen) atoms. The Hall–Kier alpha value is -1.14. The zero-order valence-electron chi connectivity index (χ0n) is 8.49. The minimum atomic E-state index is 0.457. The Bertz CT molecular complexity index is 713. The van der Waals surface area contributed by atoms with Crippen molar-refractivity contribution in [2.75, 3.05) is 5.73 Å². The van der Waals surface area contributed by atoms with Gasteiger partial charge in [-0.15, -0.1) is 11.3 Å². The second-order valence-electron chi connectivity index (χ2n) is 3.55. The van der Waals surface area contributed by atoms with Gasteiger partial charge in [-0.2, -0.15) is 0 Å². The highest BCUT2D eigenvalue weighted by molar-refractivity contribution is 9.11. The molecule has 0 amide bonds. The lowest BCUT2D eigenvalue weighted by atomic mass is 10.3. The molecular weight excluding hydrogens is 288 g/mol. The number of thiophene rings is 1. The molecule has 0 saturated carbocycles. The number of hydrogen-bond acceptors (Lipinski definition) is 4. The van der Waals surface area contributed by atoms with Crippen molar-refractivity contribution in [2.24, 2.45) is 7.05 Å². The first kappa shape index (κ1) is 10.0. The second-order valence-corrected chi connectivity index (χ2v) is 5.98. The average molecular weight is 296 g/mol. The van der Waals surface area contributed by atoms with Crippen molar-refractivity contribution >= 4 is 54.3 Å². The SMILES string of the molecule is [CH2]c1nc2c(N)nc3cc(Br)sc3c2n1C. The highest BCUT2D eigenvalue weighted by Crippen LogP contribution is 2.35. The fraction of sp³-hybridized carbons (Fsp3) is 0.100. The van der Waals surface area contributed by atoms with Gasteiger partial charge in [0, 0.05) is 14.0 Å². The molecule has 0 aliphatic rings. The van der Waals surface area contributed by atoms with E-state index in [4.69, 9.17) is 5.73 Å². The molecule has 0 fully saturated rings. The van der Waals surface area contributed by atoms with E-state index in [1.54, 1.807) is 11.3 Å². The number of imidazole rings is 1. The topological polar surface area (TPSA) is 56.7 Å². The number of aromatic nitrogens is 3. The zero-order chi connectivity index (χ0) is 11.4. The standard InChI is InChI=1S/C10H8BrN4S/c1-4-13-7-8(15(4)2)9-5(14-10(7)12)3-6(11)16-9/h3H,1H2,2H3,(H2,12,14). The van der Waals surface area contributed by atoms with Gasteiger partial charge >= 0.3 is 0 Å². The molecule has 1 radical (unpaired) electrons. The number of aryl methyl sites for hydroxylation is 1. The second kappa shape index (κ2) is 3.18. The Kier molecular flexibility index (Phi) is 1.99. The third kappa shape index (κ3) is 1.20. The molecule has 0 unspecified atom stereocenters. The van der Waals surface area contributed by atoms with Gasteiger partial charge in [-0.25, -0.2) is 9.97 Å². The number of hydrogen-bond donors (Lipinski definition) is 1. The summed E-state index contributed by atoms with van der Waals surface area (Å²) in [6.07, 6.45) is 0. The Morgan fingerprint density at radius 2 is 2.25 bits per heavy atom. The highest BCUT2D eigenvalue weighted by atomic mass is 79.9. The molecule has 0 aliphatic carbocycles. The van der Waals surface area contributed by atoms with E-state index in [-0.39, 0.29) is 0 Å². The van der Waals surface area contributed by atoms with Crippen LogP contribution in [0.1, 0.15) is 5.82 Å². The lowest BCUT2D eigenvalue weighted by Crippen LogP contribution is -1.93. The molecule has 6 heteroatoms. The number of halogens is 1. The Balaban J connectivity index is 2.65. The molecule has 0 saturated heterocycles. The van der Waals surface area contributed by atoms with Crippen LogP contribution in [0.5, 0.6) is 0 Å². The summed E-state index contributed by atoms with van der Waals surface area (Å²) in [4.78, 5) is 8.66. The van der Waals surface area contributed by atoms with E-state index in [0.717, 1.165) is 25.0 Å². The first-order valence-corrected chi connectivity index (χ1v) is 6.22. The van der Waals surface area contributed by atoms with Crippen molar-refractivity contribution in [3.8, 4) is 0 Å². The van der Waals surface area contributed by atoms with Crippen molar-refractivity contribution < 1.29 is 0 Å². The molecule has 0 aromatic carbocycles. The van der Waals surface area contributed by atoms with Crippen LogP contribution >= 0.6 is 27.3 Å². The first-order valence-electron chi connectivity index (χ1n) is 4.61. The molecule has 0 aliphatic heterocycles. The third-order valence-electron chi connectivity index (χ3n) is 2.57. The monoisotopic (exact) mass is 295 g/mol. The Labute approximate surface area is 104 Å². The van der Waals surface area contributed by atoms with E-state index >= 15 is 0 Å². The Morgan fingerprint density at radius 3 is 3.00 bits per heavy atom. The lowest BCUT2D eigenvalue weighted by Gasteiger charge is -1.99. The number of fused-ring (bicyclic) bond motifs is 3. The van der Waals surface area contributed by atoms with Gasteiger partial charge in [0.15, 0.2) is 5.82 Å². The van der Waals surface area contributed by atoms with Crippen LogP contribution in [0.2, 0.25) is 0 Å². The maximum Gasteiger partial charge on any atom is 0.152 e. The van der Waals surface area contributed by atoms with Crippen molar-refractivity contribution in [3.05, 3.63) is 22.6 Å². The summed E-state index contributed by atoms with van der Waals surface area (Å²) in [5.74, 6) is 1.15. The van der Waals surface area contributed by atoms with Crippen LogP contribution in [-0.2, 0) is 7.05 Å². The number of nitrogens with zero attached hydrogens (tertiary/aromatic N) is 3. The number of nitrogens with two attached hydrogens (primary N) is 1. The molecule has 0 bridgehead atoms. The molecule has 3 rings (SSSR count). The predicted octanol–water partition coefficient (Wildman–Crippen LogP) is 2.71. The molecule has 3 heterocycles. The van der Waals surface area contributed by atoms with Gasteiger partial charge in [0.2, 0.25) is 0 Å². The zero-order valence-corrected chi connectivity index (χ0v) is 10.9. The summed E-state index contributed by atoms with van der Waals surface area (Å²) in [7, 11) is 1.93. The largest absolute Gasteiger partial charge is 0.382 e. The van der Waals surface area contributed by atoms with Gasteiger partial charge in [0.1, 0.15) is 11.3 Å². The predicted molar refractivity (Wildman–Crippen MR) is 70.5 cm³/mol. The smallest absolute Gasteiger partial charge is 0.152 e. The highest BCUT2D eigenvalue weighted by Gasteiger charge is 2.15. The van der Waals surface area contributed by atoms with E-state index in [0.29, 0.717) is 11.6 Å². The quantitative estimate of drug-likeness (QED) is 0.694. The number of rotatable bonds is 0. The van der Waals surface area contributed by atoms with Crippen LogP contribution in [0.3, 0.4) is 0 Å². The lowest BCUT2D eigenvalue weighted by molar-refractivity contribution is 0.919. The van der Waals surface area contributed by atoms with Crippen LogP contribution < -0.4 is 5.73 Å². The molecule has 4 nitrogen and oxygen atoms in total. The van der Waals surface area contributed by atoms with E-state index in [1.807, 2.05) is 17.7 Å². The van der Waals surface area contributed by atoms with Crippen molar-refractivity contribution in [2.45, 2.75) is 0 Å². The van der Waals surface area contributed by atoms with E-state index in [2.05, 4.69) is 32.8 Å². The minimum Gasteiger partial charge on any atom is -0.382 e. The van der Waals surface area contributed by atoms with Crippen LogP contribution in [0.4, 0.5) is 5.82 Å². The van der Waals surface area contributed by atoms with Gasteiger partial charge in [0.25, 0.3) is 0 Å². The summed E-state index contributed by atoms with van der Waals surface area (Å²) in [6.45, 7) is 3.87. The molecule has 0 atom stereocenters. The van der Waals surface area contributed by atoms with E-state index < -0.39 is 0 Å². The maximum atomic E-state index is 5.89. The van der Waals surface area contributed by atoms with Gasteiger partial charge in [-0.05, 0) is 22.0 Å². The van der Waals surface area contributed by atoms with Gasteiger partial charge in [0.05, 0.1) is 19.5 Å². The van der Waals surface area contributed by atoms with Crippen LogP contribution in [0, 0.1) is 6.92 Å². The number of anilines is 1. The van der Waals surface area contributed by atoms with Crippen molar-refractivity contribution in [1.82, 2.24) is 14.5 Å². The minimum absolute atomic E-state index is 0.457. The summed E-state index contributed by atoms with van der Waals surface area (Å²) < 4.78 is 4.06. The molecule has 2 N–H and O–H groups in total. The van der Waals surface area contributed by atoms with Crippen LogP contribution in [-0.4, -0.2) is 14.5 Å². The van der Waals surface area contributed by atoms with E-state index in [9.17, 15) is 0 Å². The fourth-order valence-electron chi connectivity index (χ4n) is 1.77. The van der Waals surface area contributed by atoms with Crippen LogP contribution in [0.25, 0.3) is 21.3 Å². The summed E-state index contributed by atoms with van der Waals surface area (Å²) in [5, 5.41) is 0. The fourth-order valence-corrected chi connectivity index (χ4v) is 3.38. The number of nitrogen functional groups attached to an aromatic ring is 1. The van der Waals surface area contributed by atoms with Crippen molar-refractivity contribution in [1.29, 1.82) is 0 Å². The molecule has 0 spiro atoms. The Morgan fingerprint density at radius 1 is 1.50 bits per heavy atom. The molecule has 81 valence electrons. The third-order valence-corrected chi connectivity index (χ3v) is 4.20. The van der Waals surface area contributed by atoms with Gasteiger partial charge < -0.3 is 10.3 Å². The summed E-state index contributed by atoms with van der Waals surface area (Å²) in [6, 6.07) is 1.96. The van der Waals surface area contributed by atoms with E-state index in [1.165, 1.54) is 0 Å². The molecule has 3 aromatic rings.